The van der Waals surface area contributed by atoms with Crippen LogP contribution in [0.5, 0.6) is 5.75 Å². The van der Waals surface area contributed by atoms with Gasteiger partial charge in [-0.3, -0.25) is 0 Å². The van der Waals surface area contributed by atoms with E-state index in [2.05, 4.69) is 0 Å². The van der Waals surface area contributed by atoms with Crippen LogP contribution in [0.15, 0.2) is 28.7 Å². The van der Waals surface area contributed by atoms with Gasteiger partial charge in [-0.15, -0.1) is 0 Å². The van der Waals surface area contributed by atoms with E-state index >= 15 is 0 Å². The molecule has 0 saturated heterocycles. The molecule has 0 aromatic heterocycles. The average Bonchev–Trinajstić information content (AvgIpc) is 2.69. The Morgan fingerprint density at radius 3 is 2.76 bits per heavy atom. The Bertz CT molecular complexity index is 673. The summed E-state index contributed by atoms with van der Waals surface area (Å²) in [5, 5.41) is 0. The third-order valence-electron chi connectivity index (χ3n) is 3.21. The van der Waals surface area contributed by atoms with Gasteiger partial charge >= 0.3 is 5.97 Å². The highest BCUT2D eigenvalue weighted by molar-refractivity contribution is 7.91. The molecule has 21 heavy (non-hydrogen) atoms. The monoisotopic (exact) mass is 310 g/mol. The summed E-state index contributed by atoms with van der Waals surface area (Å²) < 4.78 is 34.8. The maximum Gasteiger partial charge on any atom is 0.334 e. The number of hydrogen-bond acceptors (Lipinski definition) is 5. The number of ether oxygens (including phenoxy) is 2. The SMILES string of the molecule is CCOC(=O)C1=Cc2cccc(S(=O)(=O)CC)c2OCC1. The summed E-state index contributed by atoms with van der Waals surface area (Å²) >= 11 is 0. The molecule has 2 rings (SSSR count). The summed E-state index contributed by atoms with van der Waals surface area (Å²) in [6.07, 6.45) is 2.04. The van der Waals surface area contributed by atoms with Crippen LogP contribution in [0.25, 0.3) is 6.08 Å². The predicted molar refractivity (Wildman–Crippen MR) is 78.9 cm³/mol. The van der Waals surface area contributed by atoms with E-state index in [1.807, 2.05) is 0 Å². The zero-order chi connectivity index (χ0) is 15.5. The molecule has 1 aromatic carbocycles. The number of sulfone groups is 1. The topological polar surface area (TPSA) is 69.7 Å². The standard InChI is InChI=1S/C15H18O5S/c1-3-19-15(16)12-8-9-20-14-11(10-12)6-5-7-13(14)21(17,18)4-2/h5-7,10H,3-4,8-9H2,1-2H3. The van der Waals surface area contributed by atoms with Crippen LogP contribution in [0.3, 0.4) is 0 Å². The fourth-order valence-corrected chi connectivity index (χ4v) is 3.17. The summed E-state index contributed by atoms with van der Waals surface area (Å²) in [6.45, 7) is 3.87. The quantitative estimate of drug-likeness (QED) is 0.797. The molecule has 6 heteroatoms. The van der Waals surface area contributed by atoms with Crippen molar-refractivity contribution >= 4 is 21.9 Å². The first-order valence-electron chi connectivity index (χ1n) is 6.85. The van der Waals surface area contributed by atoms with E-state index in [1.54, 1.807) is 32.1 Å². The first-order chi connectivity index (χ1) is 9.99. The van der Waals surface area contributed by atoms with E-state index in [-0.39, 0.29) is 17.3 Å². The first-order valence-corrected chi connectivity index (χ1v) is 8.51. The third kappa shape index (κ3) is 3.26. The van der Waals surface area contributed by atoms with E-state index in [1.165, 1.54) is 6.07 Å². The first kappa shape index (κ1) is 15.6. The fourth-order valence-electron chi connectivity index (χ4n) is 2.11. The van der Waals surface area contributed by atoms with Gasteiger partial charge in [0.05, 0.1) is 19.0 Å². The van der Waals surface area contributed by atoms with Gasteiger partial charge < -0.3 is 9.47 Å². The molecule has 1 aliphatic rings. The van der Waals surface area contributed by atoms with Crippen molar-refractivity contribution < 1.29 is 22.7 Å². The highest BCUT2D eigenvalue weighted by atomic mass is 32.2. The van der Waals surface area contributed by atoms with Crippen molar-refractivity contribution in [3.8, 4) is 5.75 Å². The van der Waals surface area contributed by atoms with Crippen molar-refractivity contribution in [1.29, 1.82) is 0 Å². The molecule has 0 N–H and O–H groups in total. The Balaban J connectivity index is 2.50. The van der Waals surface area contributed by atoms with Crippen LogP contribution in [0.4, 0.5) is 0 Å². The smallest absolute Gasteiger partial charge is 0.334 e. The van der Waals surface area contributed by atoms with Gasteiger partial charge in [0.2, 0.25) is 0 Å². The second-order valence-corrected chi connectivity index (χ2v) is 6.81. The van der Waals surface area contributed by atoms with E-state index in [0.717, 1.165) is 0 Å². The number of hydrogen-bond donors (Lipinski definition) is 0. The lowest BCUT2D eigenvalue weighted by molar-refractivity contribution is -0.138. The van der Waals surface area contributed by atoms with Gasteiger partial charge in [-0.25, -0.2) is 13.2 Å². The molecule has 1 aromatic rings. The summed E-state index contributed by atoms with van der Waals surface area (Å²) in [5.74, 6) is -0.0716. The number of carbonyl (C=O) groups excluding carboxylic acids is 1. The van der Waals surface area contributed by atoms with Crippen molar-refractivity contribution in [2.24, 2.45) is 0 Å². The highest BCUT2D eigenvalue weighted by Gasteiger charge is 2.23. The lowest BCUT2D eigenvalue weighted by atomic mass is 10.1. The molecule has 0 amide bonds. The molecular weight excluding hydrogens is 292 g/mol. The highest BCUT2D eigenvalue weighted by Crippen LogP contribution is 2.33. The molecule has 0 fully saturated rings. The minimum Gasteiger partial charge on any atom is -0.491 e. The molecule has 0 aliphatic carbocycles. The van der Waals surface area contributed by atoms with Crippen molar-refractivity contribution in [2.75, 3.05) is 19.0 Å². The summed E-state index contributed by atoms with van der Waals surface area (Å²) in [5.41, 5.74) is 1.08. The molecule has 1 aliphatic heterocycles. The van der Waals surface area contributed by atoms with Gasteiger partial charge in [0.15, 0.2) is 9.84 Å². The average molecular weight is 310 g/mol. The number of carbonyl (C=O) groups is 1. The largest absolute Gasteiger partial charge is 0.491 e. The van der Waals surface area contributed by atoms with Crippen LogP contribution in [-0.4, -0.2) is 33.4 Å². The van der Waals surface area contributed by atoms with Gasteiger partial charge in [-0.1, -0.05) is 19.1 Å². The van der Waals surface area contributed by atoms with E-state index in [4.69, 9.17) is 9.47 Å². The molecular formula is C15H18O5S. The molecule has 1 heterocycles. The van der Waals surface area contributed by atoms with Crippen molar-refractivity contribution in [1.82, 2.24) is 0 Å². The van der Waals surface area contributed by atoms with Crippen LogP contribution >= 0.6 is 0 Å². The van der Waals surface area contributed by atoms with Crippen LogP contribution in [0.1, 0.15) is 25.8 Å². The predicted octanol–water partition coefficient (Wildman–Crippen LogP) is 2.21. The molecule has 0 bridgehead atoms. The second-order valence-electron chi connectivity index (χ2n) is 4.57. The van der Waals surface area contributed by atoms with Crippen molar-refractivity contribution in [2.45, 2.75) is 25.2 Å². The van der Waals surface area contributed by atoms with Crippen LogP contribution in [-0.2, 0) is 19.4 Å². The van der Waals surface area contributed by atoms with Crippen molar-refractivity contribution in [3.63, 3.8) is 0 Å². The normalized spacial score (nSPS) is 14.5. The van der Waals surface area contributed by atoms with Crippen molar-refractivity contribution in [3.05, 3.63) is 29.3 Å². The number of para-hydroxylation sites is 1. The van der Waals surface area contributed by atoms with Crippen LogP contribution in [0.2, 0.25) is 0 Å². The zero-order valence-electron chi connectivity index (χ0n) is 12.1. The number of rotatable bonds is 4. The van der Waals surface area contributed by atoms with Gasteiger partial charge in [-0.2, -0.15) is 0 Å². The van der Waals surface area contributed by atoms with E-state index in [9.17, 15) is 13.2 Å². The molecule has 0 spiro atoms. The van der Waals surface area contributed by atoms with Gasteiger partial charge in [0.1, 0.15) is 10.6 Å². The Morgan fingerprint density at radius 2 is 2.10 bits per heavy atom. The second kappa shape index (κ2) is 6.30. The van der Waals surface area contributed by atoms with E-state index in [0.29, 0.717) is 29.9 Å². The maximum absolute atomic E-state index is 12.1. The molecule has 0 saturated carbocycles. The third-order valence-corrected chi connectivity index (χ3v) is 4.96. The molecule has 114 valence electrons. The lowest BCUT2D eigenvalue weighted by Gasteiger charge is -2.11. The Hall–Kier alpha value is -1.82. The number of fused-ring (bicyclic) bond motifs is 1. The summed E-state index contributed by atoms with van der Waals surface area (Å²) in [7, 11) is -3.37. The Kier molecular flexibility index (Phi) is 4.67. The Morgan fingerprint density at radius 1 is 1.33 bits per heavy atom. The molecule has 0 unspecified atom stereocenters. The fraction of sp³-hybridized carbons (Fsp3) is 0.400. The summed E-state index contributed by atoms with van der Waals surface area (Å²) in [4.78, 5) is 12.0. The summed E-state index contributed by atoms with van der Waals surface area (Å²) in [6, 6.07) is 4.91. The molecule has 0 radical (unpaired) electrons. The van der Waals surface area contributed by atoms with Gasteiger partial charge in [-0.05, 0) is 19.1 Å². The van der Waals surface area contributed by atoms with Crippen LogP contribution in [0, 0.1) is 0 Å². The van der Waals surface area contributed by atoms with Crippen LogP contribution < -0.4 is 4.74 Å². The molecule has 0 atom stereocenters. The maximum atomic E-state index is 12.1. The zero-order valence-corrected chi connectivity index (χ0v) is 12.9. The van der Waals surface area contributed by atoms with E-state index < -0.39 is 15.8 Å². The lowest BCUT2D eigenvalue weighted by Crippen LogP contribution is -2.10. The van der Waals surface area contributed by atoms with Gasteiger partial charge in [0.25, 0.3) is 0 Å². The number of benzene rings is 1. The molecule has 5 nitrogen and oxygen atoms in total. The number of esters is 1. The minimum atomic E-state index is -3.37. The Labute approximate surface area is 124 Å². The van der Waals surface area contributed by atoms with Gasteiger partial charge in [0, 0.05) is 17.6 Å². The minimum absolute atomic E-state index is 0.00125.